The van der Waals surface area contributed by atoms with Gasteiger partial charge in [-0.25, -0.2) is 4.98 Å². The van der Waals surface area contributed by atoms with E-state index in [1.54, 1.807) is 0 Å². The van der Waals surface area contributed by atoms with Crippen LogP contribution in [-0.2, 0) is 11.2 Å². The highest BCUT2D eigenvalue weighted by Crippen LogP contribution is 2.56. The molecular weight excluding hydrogens is 410 g/mol. The van der Waals surface area contributed by atoms with Crippen LogP contribution in [0.1, 0.15) is 101 Å². The van der Waals surface area contributed by atoms with Crippen LogP contribution < -0.4 is 4.90 Å². The Labute approximate surface area is 199 Å². The lowest BCUT2D eigenvalue weighted by Gasteiger charge is -2.40. The molecule has 5 heteroatoms. The molecule has 3 fully saturated rings. The first-order valence-corrected chi connectivity index (χ1v) is 13.4. The number of amides is 1. The smallest absolute Gasteiger partial charge is 0.223 e. The van der Waals surface area contributed by atoms with Gasteiger partial charge in [-0.2, -0.15) is 0 Å². The van der Waals surface area contributed by atoms with E-state index < -0.39 is 0 Å². The molecule has 4 aliphatic rings. The van der Waals surface area contributed by atoms with Gasteiger partial charge < -0.3 is 9.80 Å². The Kier molecular flexibility index (Phi) is 6.03. The second kappa shape index (κ2) is 8.70. The third-order valence-electron chi connectivity index (χ3n) is 8.97. The summed E-state index contributed by atoms with van der Waals surface area (Å²) in [5.74, 6) is 2.52. The van der Waals surface area contributed by atoms with Crippen molar-refractivity contribution in [2.24, 2.45) is 16.7 Å². The summed E-state index contributed by atoms with van der Waals surface area (Å²) in [6, 6.07) is 4.37. The number of aromatic nitrogens is 1. The Morgan fingerprint density at radius 3 is 2.48 bits per heavy atom. The molecule has 5 rings (SSSR count). The number of ketones is 1. The van der Waals surface area contributed by atoms with Crippen LogP contribution in [0.2, 0.25) is 0 Å². The molecule has 0 atom stereocenters. The van der Waals surface area contributed by atoms with Crippen molar-refractivity contribution in [2.45, 2.75) is 97.4 Å². The Morgan fingerprint density at radius 1 is 1.12 bits per heavy atom. The molecule has 180 valence electrons. The Bertz CT molecular complexity index is 908. The molecule has 3 aliphatic carbocycles. The fraction of sp³-hybridized carbons (Fsp3) is 0.750. The van der Waals surface area contributed by atoms with Crippen LogP contribution in [-0.4, -0.2) is 47.3 Å². The number of fused-ring (bicyclic) bond motifs is 3. The molecule has 1 aliphatic heterocycles. The number of pyridine rings is 1. The lowest BCUT2D eigenvalue weighted by atomic mass is 9.76. The summed E-state index contributed by atoms with van der Waals surface area (Å²) in [7, 11) is 0. The number of rotatable bonds is 6. The van der Waals surface area contributed by atoms with Crippen molar-refractivity contribution in [3.05, 3.63) is 23.4 Å². The van der Waals surface area contributed by atoms with E-state index in [-0.39, 0.29) is 11.2 Å². The van der Waals surface area contributed by atoms with E-state index in [9.17, 15) is 9.59 Å². The molecule has 0 spiro atoms. The molecule has 5 nitrogen and oxygen atoms in total. The molecule has 2 bridgehead atoms. The van der Waals surface area contributed by atoms with Gasteiger partial charge in [-0.1, -0.05) is 20.8 Å². The SMILES string of the molecule is CCCN(C(=O)CC12CCC(CC1)C2)C1CCN(c2ccc3c(n2)CC(C)(C)CC3=O)CC1. The molecule has 1 aromatic heterocycles. The summed E-state index contributed by atoms with van der Waals surface area (Å²) in [5.41, 5.74) is 2.09. The fourth-order valence-electron chi connectivity index (χ4n) is 7.24. The lowest BCUT2D eigenvalue weighted by molar-refractivity contribution is -0.136. The first-order chi connectivity index (χ1) is 15.8. The molecule has 0 radical (unpaired) electrons. The highest BCUT2D eigenvalue weighted by Gasteiger charge is 2.46. The molecular formula is C28H41N3O2. The predicted octanol–water partition coefficient (Wildman–Crippen LogP) is 5.41. The van der Waals surface area contributed by atoms with Crippen molar-refractivity contribution < 1.29 is 9.59 Å². The van der Waals surface area contributed by atoms with E-state index in [1.807, 2.05) is 12.1 Å². The van der Waals surface area contributed by atoms with Gasteiger partial charge in [0.1, 0.15) is 5.82 Å². The molecule has 0 unspecified atom stereocenters. The van der Waals surface area contributed by atoms with Crippen LogP contribution in [0.5, 0.6) is 0 Å². The molecule has 1 amide bonds. The number of hydrogen-bond donors (Lipinski definition) is 0. The lowest BCUT2D eigenvalue weighted by Crippen LogP contribution is -2.48. The van der Waals surface area contributed by atoms with Crippen molar-refractivity contribution in [1.82, 2.24) is 9.88 Å². The number of nitrogens with zero attached hydrogens (tertiary/aromatic N) is 3. The van der Waals surface area contributed by atoms with E-state index in [4.69, 9.17) is 4.98 Å². The van der Waals surface area contributed by atoms with Gasteiger partial charge in [-0.15, -0.1) is 0 Å². The molecule has 33 heavy (non-hydrogen) atoms. The van der Waals surface area contributed by atoms with Crippen LogP contribution in [0.25, 0.3) is 0 Å². The molecule has 0 aromatic carbocycles. The van der Waals surface area contributed by atoms with E-state index >= 15 is 0 Å². The van der Waals surface area contributed by atoms with Crippen molar-refractivity contribution in [2.75, 3.05) is 24.5 Å². The number of piperidine rings is 1. The van der Waals surface area contributed by atoms with Gasteiger partial charge in [0.05, 0.1) is 5.69 Å². The van der Waals surface area contributed by atoms with Gasteiger partial charge in [-0.05, 0) is 86.7 Å². The van der Waals surface area contributed by atoms with Crippen molar-refractivity contribution in [3.63, 3.8) is 0 Å². The zero-order valence-electron chi connectivity index (χ0n) is 20.9. The Balaban J connectivity index is 1.23. The van der Waals surface area contributed by atoms with Gasteiger partial charge >= 0.3 is 0 Å². The second-order valence-electron chi connectivity index (χ2n) is 12.2. The van der Waals surface area contributed by atoms with Crippen molar-refractivity contribution in [1.29, 1.82) is 0 Å². The minimum Gasteiger partial charge on any atom is -0.356 e. The number of hydrogen-bond acceptors (Lipinski definition) is 4. The van der Waals surface area contributed by atoms with Crippen molar-refractivity contribution in [3.8, 4) is 0 Å². The third kappa shape index (κ3) is 4.57. The molecule has 2 saturated carbocycles. The molecule has 0 N–H and O–H groups in total. The Morgan fingerprint density at radius 2 is 1.85 bits per heavy atom. The average molecular weight is 452 g/mol. The van der Waals surface area contributed by atoms with E-state index in [0.29, 0.717) is 23.8 Å². The van der Waals surface area contributed by atoms with Crippen LogP contribution >= 0.6 is 0 Å². The number of carbonyl (C=O) groups excluding carboxylic acids is 2. The summed E-state index contributed by atoms with van der Waals surface area (Å²) in [6.07, 6.45) is 11.8. The average Bonchev–Trinajstić information content (AvgIpc) is 3.37. The van der Waals surface area contributed by atoms with Gasteiger partial charge in [0.25, 0.3) is 0 Å². The number of carbonyl (C=O) groups is 2. The van der Waals surface area contributed by atoms with Crippen LogP contribution in [0, 0.1) is 16.7 Å². The molecule has 1 aromatic rings. The minimum absolute atomic E-state index is 0.0120. The second-order valence-corrected chi connectivity index (χ2v) is 12.2. The quantitative estimate of drug-likeness (QED) is 0.580. The predicted molar refractivity (Wildman–Crippen MR) is 132 cm³/mol. The zero-order valence-corrected chi connectivity index (χ0v) is 20.9. The van der Waals surface area contributed by atoms with Crippen LogP contribution in [0.4, 0.5) is 5.82 Å². The largest absolute Gasteiger partial charge is 0.356 e. The van der Waals surface area contributed by atoms with E-state index in [2.05, 4.69) is 30.6 Å². The molecule has 2 heterocycles. The molecule has 1 saturated heterocycles. The number of Topliss-reactive ketones (excluding diaryl/α,β-unsaturated/α-hetero) is 1. The third-order valence-corrected chi connectivity index (χ3v) is 8.97. The summed E-state index contributed by atoms with van der Waals surface area (Å²) in [5, 5.41) is 0. The first kappa shape index (κ1) is 22.9. The van der Waals surface area contributed by atoms with Crippen molar-refractivity contribution >= 4 is 17.5 Å². The summed E-state index contributed by atoms with van der Waals surface area (Å²) in [6.45, 7) is 9.24. The maximum Gasteiger partial charge on any atom is 0.223 e. The van der Waals surface area contributed by atoms with E-state index in [0.717, 1.165) is 74.7 Å². The highest BCUT2D eigenvalue weighted by molar-refractivity contribution is 5.98. The maximum atomic E-state index is 13.4. The minimum atomic E-state index is -0.0120. The normalized spacial score (nSPS) is 28.8. The number of anilines is 1. The summed E-state index contributed by atoms with van der Waals surface area (Å²) >= 11 is 0. The van der Waals surface area contributed by atoms with Gasteiger partial charge in [0.2, 0.25) is 5.91 Å². The maximum absolute atomic E-state index is 13.4. The van der Waals surface area contributed by atoms with E-state index in [1.165, 1.54) is 32.1 Å². The summed E-state index contributed by atoms with van der Waals surface area (Å²) < 4.78 is 0. The van der Waals surface area contributed by atoms with Gasteiger partial charge in [0, 0.05) is 44.1 Å². The van der Waals surface area contributed by atoms with Gasteiger partial charge in [0.15, 0.2) is 5.78 Å². The summed E-state index contributed by atoms with van der Waals surface area (Å²) in [4.78, 5) is 35.5. The Hall–Kier alpha value is -1.91. The monoisotopic (exact) mass is 451 g/mol. The van der Waals surface area contributed by atoms with Crippen LogP contribution in [0.15, 0.2) is 12.1 Å². The highest BCUT2D eigenvalue weighted by atomic mass is 16.2. The standard InChI is InChI=1S/C28H41N3O2/c1-4-13-31(26(33)19-28-11-7-20(16-28)8-12-28)21-9-14-30(15-10-21)25-6-5-22-23(29-25)17-27(2,3)18-24(22)32/h5-6,20-21H,4,7-19H2,1-3H3. The zero-order chi connectivity index (χ0) is 23.2. The van der Waals surface area contributed by atoms with Gasteiger partial charge in [-0.3, -0.25) is 9.59 Å². The topological polar surface area (TPSA) is 53.5 Å². The first-order valence-electron chi connectivity index (χ1n) is 13.4. The fourth-order valence-corrected chi connectivity index (χ4v) is 7.24. The van der Waals surface area contributed by atoms with Crippen LogP contribution in [0.3, 0.4) is 0 Å².